The number of nitriles is 1. The van der Waals surface area contributed by atoms with Crippen molar-refractivity contribution in [3.63, 3.8) is 0 Å². The molecule has 0 saturated heterocycles. The molecular weight excluding hydrogens is 1040 g/mol. The number of carbonyl (C=O) groups is 1. The van der Waals surface area contributed by atoms with Crippen molar-refractivity contribution >= 4 is 77.6 Å². The number of nitrogens with zero attached hydrogens (tertiary/aromatic N) is 4. The first-order valence-corrected chi connectivity index (χ1v) is 28.9. The number of benzene rings is 2. The molecule has 2 aromatic rings. The van der Waals surface area contributed by atoms with Crippen LogP contribution < -0.4 is 9.80 Å². The van der Waals surface area contributed by atoms with Gasteiger partial charge >= 0.3 is 11.8 Å². The van der Waals surface area contributed by atoms with Crippen LogP contribution in [0.3, 0.4) is 0 Å². The number of aliphatic hydroxyl groups excluding tert-OH is 1. The molecule has 0 radical (unpaired) electrons. The van der Waals surface area contributed by atoms with Gasteiger partial charge in [0.25, 0.3) is 30.4 Å². The lowest BCUT2D eigenvalue weighted by atomic mass is 9.79. The van der Waals surface area contributed by atoms with Crippen molar-refractivity contribution in [1.82, 2.24) is 0 Å². The van der Waals surface area contributed by atoms with Crippen molar-refractivity contribution in [1.29, 1.82) is 5.26 Å². The third-order valence-corrected chi connectivity index (χ3v) is 16.9. The Labute approximate surface area is 427 Å². The van der Waals surface area contributed by atoms with Gasteiger partial charge in [0, 0.05) is 69.5 Å². The molecule has 2 atom stereocenters. The number of amides is 1. The van der Waals surface area contributed by atoms with Crippen molar-refractivity contribution in [3.8, 4) is 6.07 Å². The second-order valence-electron chi connectivity index (χ2n) is 18.5. The summed E-state index contributed by atoms with van der Waals surface area (Å²) >= 11 is 1.44. The van der Waals surface area contributed by atoms with Gasteiger partial charge in [-0.05, 0) is 115 Å². The minimum absolute atomic E-state index is 0.0131. The number of rotatable bonds is 21. The number of anilines is 2. The van der Waals surface area contributed by atoms with E-state index in [4.69, 9.17) is 14.8 Å². The fraction of sp³-hybridized carbons (Fsp3) is 0.457. The van der Waals surface area contributed by atoms with Gasteiger partial charge < -0.3 is 14.9 Å². The van der Waals surface area contributed by atoms with Gasteiger partial charge in [-0.3, -0.25) is 13.7 Å². The largest absolute Gasteiger partial charge is 0.460 e. The molecule has 72 heavy (non-hydrogen) atoms. The number of hydrogen-bond donors (Lipinski definition) is 6. The Morgan fingerprint density at radius 2 is 1.29 bits per heavy atom. The minimum atomic E-state index is -4.60. The van der Waals surface area contributed by atoms with Gasteiger partial charge in [-0.15, -0.1) is 13.2 Å². The van der Waals surface area contributed by atoms with Gasteiger partial charge in [-0.1, -0.05) is 56.8 Å². The lowest BCUT2D eigenvalue weighted by Gasteiger charge is -2.27. The minimum Gasteiger partial charge on any atom is -0.460 e. The molecule has 3 aliphatic heterocycles. The van der Waals surface area contributed by atoms with Gasteiger partial charge in [-0.25, -0.2) is 15.3 Å². The summed E-state index contributed by atoms with van der Waals surface area (Å²) in [7, 11) is -13.1. The van der Waals surface area contributed by atoms with E-state index in [0.717, 1.165) is 39.1 Å². The quantitative estimate of drug-likeness (QED) is 0.0174. The molecule has 4 aliphatic rings. The number of hydrogen-bond acceptors (Lipinski definition) is 18. The normalized spacial score (nSPS) is 23.3. The van der Waals surface area contributed by atoms with E-state index in [1.54, 1.807) is 19.1 Å². The Bertz CT molecular complexity index is 3030. The van der Waals surface area contributed by atoms with Crippen LogP contribution in [0.25, 0.3) is 0 Å². The van der Waals surface area contributed by atoms with Crippen LogP contribution in [0.15, 0.2) is 104 Å². The molecule has 2 aromatic carbocycles. The number of carbonyl (C=O) groups excluding carboxylic acids is 1. The van der Waals surface area contributed by atoms with Crippen LogP contribution in [-0.2, 0) is 64.7 Å². The number of allylic oxidation sites excluding steroid dienone is 9. The molecule has 1 aliphatic carbocycles. The van der Waals surface area contributed by atoms with Crippen LogP contribution in [0.1, 0.15) is 84.3 Å². The van der Waals surface area contributed by atoms with E-state index in [2.05, 4.69) is 20.5 Å². The first-order chi connectivity index (χ1) is 33.8. The maximum absolute atomic E-state index is 13.8. The summed E-state index contributed by atoms with van der Waals surface area (Å²) in [5.74, 6) is -4.04. The second-order valence-corrected chi connectivity index (χ2v) is 24.7. The zero-order valence-electron chi connectivity index (χ0n) is 39.9. The first kappa shape index (κ1) is 56.8. The highest BCUT2D eigenvalue weighted by Crippen LogP contribution is 2.51. The average Bonchev–Trinajstić information content (AvgIpc) is 3.86. The Morgan fingerprint density at radius 1 is 0.778 bits per heavy atom. The molecule has 1 amide bonds. The molecule has 392 valence electrons. The molecule has 21 nitrogen and oxygen atoms in total. The van der Waals surface area contributed by atoms with Gasteiger partial charge in [0.15, 0.2) is 12.5 Å². The summed E-state index contributed by atoms with van der Waals surface area (Å²) < 4.78 is 110. The summed E-state index contributed by atoms with van der Waals surface area (Å²) in [6.07, 6.45) is 9.28. The number of aliphatic hydroxyl groups is 1. The predicted octanol–water partition coefficient (Wildman–Crippen LogP) is 7.66. The SMILES string of the molecule is CC1C(=C2C(=CC=C3N(CCCCS(=O)(=O)O)c4ccc(SOOO)cc4C3(C)C)CCC2=C/C=C2/N(CCCCS(=O)(=O)O)c3ccc(S(=O)(=O)O)cc3C2(C)C)C(O)=[N+](CCSOOO)C(=O)C1C#N. The lowest BCUT2D eigenvalue weighted by Crippen LogP contribution is -2.44. The van der Waals surface area contributed by atoms with Crippen LogP contribution in [0.2, 0.25) is 0 Å². The Balaban J connectivity index is 1.55. The molecule has 3 heterocycles. The molecule has 26 heteroatoms. The highest BCUT2D eigenvalue weighted by Gasteiger charge is 2.49. The van der Waals surface area contributed by atoms with Gasteiger partial charge in [0.2, 0.25) is 0 Å². The highest BCUT2D eigenvalue weighted by atomic mass is 32.2. The molecule has 1 fully saturated rings. The van der Waals surface area contributed by atoms with E-state index in [1.165, 1.54) is 12.1 Å². The summed E-state index contributed by atoms with van der Waals surface area (Å²) in [6, 6.07) is 11.8. The molecular formula is C46H57N4O17S5+. The van der Waals surface area contributed by atoms with Crippen molar-refractivity contribution in [2.24, 2.45) is 11.8 Å². The van der Waals surface area contributed by atoms with Crippen molar-refractivity contribution in [3.05, 3.63) is 106 Å². The molecule has 0 spiro atoms. The topological polar surface area (TPSA) is 311 Å². The van der Waals surface area contributed by atoms with Crippen molar-refractivity contribution in [2.45, 2.75) is 93.8 Å². The van der Waals surface area contributed by atoms with Crippen molar-refractivity contribution < 1.29 is 82.6 Å². The number of unbranched alkanes of at least 4 members (excludes halogenated alkanes) is 2. The van der Waals surface area contributed by atoms with Crippen LogP contribution in [0, 0.1) is 23.2 Å². The van der Waals surface area contributed by atoms with E-state index in [9.17, 15) is 54.1 Å². The first-order valence-electron chi connectivity index (χ1n) is 22.6. The van der Waals surface area contributed by atoms with E-state index in [1.807, 2.05) is 73.9 Å². The monoisotopic (exact) mass is 1100 g/mol. The van der Waals surface area contributed by atoms with E-state index in [-0.39, 0.29) is 36.6 Å². The smallest absolute Gasteiger partial charge is 0.407 e. The second kappa shape index (κ2) is 23.0. The Hall–Kier alpha value is -4.44. The third-order valence-electron chi connectivity index (χ3n) is 13.3. The van der Waals surface area contributed by atoms with E-state index in [0.29, 0.717) is 82.8 Å². The molecule has 1 saturated carbocycles. The molecule has 2 unspecified atom stereocenters. The predicted molar refractivity (Wildman–Crippen MR) is 267 cm³/mol. The zero-order valence-corrected chi connectivity index (χ0v) is 44.0. The molecule has 0 bridgehead atoms. The maximum Gasteiger partial charge on any atom is 0.407 e. The molecule has 6 N–H and O–H groups in total. The lowest BCUT2D eigenvalue weighted by molar-refractivity contribution is -0.459. The summed E-state index contributed by atoms with van der Waals surface area (Å²) in [5, 5.41) is 47.7. The van der Waals surface area contributed by atoms with E-state index >= 15 is 0 Å². The van der Waals surface area contributed by atoms with Crippen molar-refractivity contribution in [2.75, 3.05) is 46.7 Å². The summed E-state index contributed by atoms with van der Waals surface area (Å²) in [6.45, 7) is 9.86. The fourth-order valence-corrected chi connectivity index (χ4v) is 12.3. The van der Waals surface area contributed by atoms with Crippen LogP contribution >= 0.6 is 24.1 Å². The molecule has 0 aromatic heterocycles. The third kappa shape index (κ3) is 12.7. The van der Waals surface area contributed by atoms with Gasteiger partial charge in [0.05, 0.1) is 45.8 Å². The van der Waals surface area contributed by atoms with E-state index < -0.39 is 76.3 Å². The Morgan fingerprint density at radius 3 is 1.78 bits per heavy atom. The molecule has 6 rings (SSSR count). The maximum atomic E-state index is 13.8. The van der Waals surface area contributed by atoms with Crippen LogP contribution in [0.5, 0.6) is 0 Å². The number of fused-ring (bicyclic) bond motifs is 2. The fourth-order valence-electron chi connectivity index (χ4n) is 9.84. The summed E-state index contributed by atoms with van der Waals surface area (Å²) in [4.78, 5) is 18.1. The van der Waals surface area contributed by atoms with Gasteiger partial charge in [-0.2, -0.15) is 30.5 Å². The standard InChI is InChI=1S/C46H56N4O17S5/c1-29-34(28-47)43(51)50(22-23-68-66-64-53)44(52)41(29)42-30(12-18-39-45(2,3)35-26-32(69-67-65-54)14-16-37(35)48(39)20-6-8-24-70(55,56)57)10-11-31(42)13-19-40-46(4,5)36-27-33(72(61,62)63)15-17-38(36)49(40)21-7-9-25-71(58,59)60/h12-19,26-27,29,34H,6-11,20-25H2,1-5H3,(H5,53,54,55,56,57,58,59,60,61,62,63)/p+1/b30-12?,31-13?,39-18?,40-19+,42-41?. The average molecular weight is 1100 g/mol. The summed E-state index contributed by atoms with van der Waals surface area (Å²) in [5.41, 5.74) is 4.94. The van der Waals surface area contributed by atoms with Crippen LogP contribution in [0.4, 0.5) is 11.4 Å². The zero-order chi connectivity index (χ0) is 53.0. The Kier molecular flexibility index (Phi) is 18.1. The van der Waals surface area contributed by atoms with Gasteiger partial charge in [0.1, 0.15) is 0 Å². The van der Waals surface area contributed by atoms with Crippen LogP contribution in [-0.4, -0.2) is 108 Å². The highest BCUT2D eigenvalue weighted by molar-refractivity contribution is 7.94.